The van der Waals surface area contributed by atoms with Crippen molar-refractivity contribution in [2.75, 3.05) is 5.32 Å². The lowest BCUT2D eigenvalue weighted by molar-refractivity contribution is 0.467. The first kappa shape index (κ1) is 16.0. The lowest BCUT2D eigenvalue weighted by Crippen LogP contribution is -2.15. The monoisotopic (exact) mass is 345 g/mol. The van der Waals surface area contributed by atoms with Gasteiger partial charge in [0, 0.05) is 28.9 Å². The zero-order valence-corrected chi connectivity index (χ0v) is 13.8. The van der Waals surface area contributed by atoms with Crippen LogP contribution in [-0.2, 0) is 0 Å². The van der Waals surface area contributed by atoms with E-state index in [4.69, 9.17) is 0 Å². The summed E-state index contributed by atoms with van der Waals surface area (Å²) in [4.78, 5) is 8.62. The molecule has 0 fully saturated rings. The van der Waals surface area contributed by atoms with E-state index < -0.39 is 6.04 Å². The number of nitrogens with one attached hydrogen (secondary N) is 1. The fourth-order valence-electron chi connectivity index (χ4n) is 3.08. The van der Waals surface area contributed by atoms with Gasteiger partial charge in [0.25, 0.3) is 0 Å². The predicted molar refractivity (Wildman–Crippen MR) is 99.5 cm³/mol. The Morgan fingerprint density at radius 1 is 0.846 bits per heavy atom. The molecule has 2 aromatic carbocycles. The Morgan fingerprint density at radius 2 is 1.65 bits per heavy atom. The fraction of sp³-hybridized carbons (Fsp3) is 0.0476. The molecule has 0 radical (unpaired) electrons. The number of phenolic OH excluding ortho intramolecular Hbond substituents is 1. The minimum Gasteiger partial charge on any atom is -0.508 e. The topological polar surface area (TPSA) is 58.0 Å². The highest BCUT2D eigenvalue weighted by Gasteiger charge is 2.23. The highest BCUT2D eigenvalue weighted by molar-refractivity contribution is 5.86. The average molecular weight is 345 g/mol. The number of fused-ring (bicyclic) bond motifs is 1. The molecule has 1 atom stereocenters. The minimum atomic E-state index is -0.626. The molecule has 4 nitrogen and oxygen atoms in total. The van der Waals surface area contributed by atoms with Gasteiger partial charge in [-0.15, -0.1) is 0 Å². The van der Waals surface area contributed by atoms with Gasteiger partial charge in [0.05, 0.1) is 11.6 Å². The van der Waals surface area contributed by atoms with Gasteiger partial charge in [0.1, 0.15) is 17.4 Å². The summed E-state index contributed by atoms with van der Waals surface area (Å²) in [5, 5.41) is 14.6. The van der Waals surface area contributed by atoms with Crippen LogP contribution in [0.1, 0.15) is 17.2 Å². The number of aromatic hydroxyl groups is 1. The molecule has 0 aliphatic rings. The van der Waals surface area contributed by atoms with Crippen LogP contribution in [0.25, 0.3) is 10.9 Å². The predicted octanol–water partition coefficient (Wildman–Crippen LogP) is 4.68. The number of phenols is 1. The van der Waals surface area contributed by atoms with Crippen molar-refractivity contribution in [2.24, 2.45) is 0 Å². The summed E-state index contributed by atoms with van der Waals surface area (Å²) in [6.45, 7) is 0. The Hall–Kier alpha value is -3.47. The molecule has 2 N–H and O–H groups in total. The molecule has 4 rings (SSSR count). The summed E-state index contributed by atoms with van der Waals surface area (Å²) in [6, 6.07) is 18.3. The van der Waals surface area contributed by atoms with E-state index in [1.807, 2.05) is 18.2 Å². The van der Waals surface area contributed by atoms with Crippen LogP contribution in [0.3, 0.4) is 0 Å². The lowest BCUT2D eigenvalue weighted by Gasteiger charge is -2.23. The van der Waals surface area contributed by atoms with E-state index in [9.17, 15) is 9.50 Å². The maximum atomic E-state index is 14.6. The molecule has 4 aromatic rings. The maximum absolute atomic E-state index is 14.6. The third kappa shape index (κ3) is 2.95. The Balaban J connectivity index is 1.94. The number of halogens is 1. The van der Waals surface area contributed by atoms with Gasteiger partial charge in [-0.25, -0.2) is 9.37 Å². The summed E-state index contributed by atoms with van der Waals surface area (Å²) < 4.78 is 14.6. The minimum absolute atomic E-state index is 0.0715. The van der Waals surface area contributed by atoms with Gasteiger partial charge < -0.3 is 10.4 Å². The second kappa shape index (κ2) is 6.80. The average Bonchev–Trinajstić information content (AvgIpc) is 2.68. The molecule has 26 heavy (non-hydrogen) atoms. The van der Waals surface area contributed by atoms with Crippen LogP contribution in [0.2, 0.25) is 0 Å². The molecular weight excluding hydrogens is 329 g/mol. The van der Waals surface area contributed by atoms with Gasteiger partial charge in [-0.1, -0.05) is 30.3 Å². The molecule has 0 aliphatic heterocycles. The van der Waals surface area contributed by atoms with Gasteiger partial charge in [0.15, 0.2) is 0 Å². The Bertz CT molecular complexity index is 1050. The van der Waals surface area contributed by atoms with Gasteiger partial charge in [-0.2, -0.15) is 0 Å². The number of benzene rings is 2. The molecule has 2 aromatic heterocycles. The second-order valence-corrected chi connectivity index (χ2v) is 5.88. The van der Waals surface area contributed by atoms with Crippen LogP contribution < -0.4 is 5.32 Å². The summed E-state index contributed by atoms with van der Waals surface area (Å²) in [6.07, 6.45) is 3.35. The molecule has 1 unspecified atom stereocenters. The molecule has 0 aliphatic carbocycles. The van der Waals surface area contributed by atoms with Crippen molar-refractivity contribution in [3.63, 3.8) is 0 Å². The quantitative estimate of drug-likeness (QED) is 0.564. The normalized spacial score (nSPS) is 12.0. The molecule has 128 valence electrons. The van der Waals surface area contributed by atoms with Crippen LogP contribution in [-0.4, -0.2) is 15.1 Å². The summed E-state index contributed by atoms with van der Waals surface area (Å²) in [5.74, 6) is 0.296. The Morgan fingerprint density at radius 3 is 2.46 bits per heavy atom. The van der Waals surface area contributed by atoms with Gasteiger partial charge >= 0.3 is 0 Å². The van der Waals surface area contributed by atoms with Gasteiger partial charge in [-0.3, -0.25) is 4.98 Å². The van der Waals surface area contributed by atoms with E-state index >= 15 is 0 Å². The second-order valence-electron chi connectivity index (χ2n) is 5.88. The third-order valence-corrected chi connectivity index (χ3v) is 4.27. The molecule has 0 amide bonds. The zero-order valence-electron chi connectivity index (χ0n) is 13.8. The standard InChI is InChI=1S/C21H16FN3O/c22-16-8-2-1-6-14(16)21(25-19-9-3-4-12-24-19)20-15-7-5-13-23-17(15)10-11-18(20)26/h1-13,21,26H,(H,24,25). The van der Waals surface area contributed by atoms with Crippen LogP contribution in [0.4, 0.5) is 10.2 Å². The number of hydrogen-bond acceptors (Lipinski definition) is 4. The molecular formula is C21H16FN3O. The van der Waals surface area contributed by atoms with E-state index in [-0.39, 0.29) is 11.6 Å². The highest BCUT2D eigenvalue weighted by Crippen LogP contribution is 2.37. The van der Waals surface area contributed by atoms with E-state index in [0.717, 1.165) is 10.9 Å². The van der Waals surface area contributed by atoms with Crippen molar-refractivity contribution < 1.29 is 9.50 Å². The number of aromatic nitrogens is 2. The van der Waals surface area contributed by atoms with Crippen LogP contribution in [0, 0.1) is 5.82 Å². The summed E-state index contributed by atoms with van der Waals surface area (Å²) >= 11 is 0. The molecule has 2 heterocycles. The highest BCUT2D eigenvalue weighted by atomic mass is 19.1. The van der Waals surface area contributed by atoms with Gasteiger partial charge in [-0.05, 0) is 36.4 Å². The largest absolute Gasteiger partial charge is 0.508 e. The SMILES string of the molecule is Oc1ccc2ncccc2c1C(Nc1ccccn1)c1ccccc1F. The first-order valence-corrected chi connectivity index (χ1v) is 8.22. The van der Waals surface area contributed by atoms with Crippen LogP contribution >= 0.6 is 0 Å². The zero-order chi connectivity index (χ0) is 17.9. The number of hydrogen-bond donors (Lipinski definition) is 2. The van der Waals surface area contributed by atoms with Crippen molar-refractivity contribution in [2.45, 2.75) is 6.04 Å². The van der Waals surface area contributed by atoms with E-state index in [1.54, 1.807) is 54.9 Å². The van der Waals surface area contributed by atoms with Crippen molar-refractivity contribution in [1.29, 1.82) is 0 Å². The Kier molecular flexibility index (Phi) is 4.19. The molecule has 0 bridgehead atoms. The molecule has 0 saturated carbocycles. The van der Waals surface area contributed by atoms with Crippen molar-refractivity contribution in [1.82, 2.24) is 9.97 Å². The van der Waals surface area contributed by atoms with Crippen molar-refractivity contribution in [3.8, 4) is 5.75 Å². The van der Waals surface area contributed by atoms with E-state index in [0.29, 0.717) is 16.9 Å². The van der Waals surface area contributed by atoms with Crippen molar-refractivity contribution in [3.05, 3.63) is 96.1 Å². The van der Waals surface area contributed by atoms with E-state index in [2.05, 4.69) is 15.3 Å². The van der Waals surface area contributed by atoms with Gasteiger partial charge in [0.2, 0.25) is 0 Å². The Labute approximate surface area is 150 Å². The first-order chi connectivity index (χ1) is 12.7. The lowest BCUT2D eigenvalue weighted by atomic mass is 9.93. The fourth-order valence-corrected chi connectivity index (χ4v) is 3.08. The maximum Gasteiger partial charge on any atom is 0.128 e. The van der Waals surface area contributed by atoms with E-state index in [1.165, 1.54) is 6.07 Å². The summed E-state index contributed by atoms with van der Waals surface area (Å²) in [7, 11) is 0. The number of nitrogens with zero attached hydrogens (tertiary/aromatic N) is 2. The van der Waals surface area contributed by atoms with Crippen LogP contribution in [0.15, 0.2) is 79.1 Å². The third-order valence-electron chi connectivity index (χ3n) is 4.27. The number of anilines is 1. The smallest absolute Gasteiger partial charge is 0.128 e. The van der Waals surface area contributed by atoms with Crippen LogP contribution in [0.5, 0.6) is 5.75 Å². The number of pyridine rings is 2. The number of rotatable bonds is 4. The molecule has 0 saturated heterocycles. The summed E-state index contributed by atoms with van der Waals surface area (Å²) in [5.41, 5.74) is 1.71. The molecule has 0 spiro atoms. The first-order valence-electron chi connectivity index (χ1n) is 8.22. The molecule has 5 heteroatoms. The van der Waals surface area contributed by atoms with Crippen molar-refractivity contribution >= 4 is 16.7 Å².